The van der Waals surface area contributed by atoms with E-state index in [-0.39, 0.29) is 36.8 Å². The van der Waals surface area contributed by atoms with E-state index in [2.05, 4.69) is 10.6 Å². The van der Waals surface area contributed by atoms with Gasteiger partial charge >= 0.3 is 0 Å². The topological polar surface area (TPSA) is 70.7 Å². The van der Waals surface area contributed by atoms with Gasteiger partial charge in [-0.25, -0.2) is 0 Å². The molecule has 1 aliphatic rings. The van der Waals surface area contributed by atoms with Crippen molar-refractivity contribution in [2.45, 2.75) is 6.04 Å². The summed E-state index contributed by atoms with van der Waals surface area (Å²) in [5.41, 5.74) is 1.46. The van der Waals surface area contributed by atoms with Crippen molar-refractivity contribution in [3.8, 4) is 5.75 Å². The number of ether oxygens (including phenoxy) is 1. The number of amides is 2. The molecule has 0 aliphatic carbocycles. The monoisotopic (exact) mass is 423 g/mol. The minimum absolute atomic E-state index is 0. The average molecular weight is 424 g/mol. The predicted octanol–water partition coefficient (Wildman–Crippen LogP) is 2.67. The van der Waals surface area contributed by atoms with Crippen molar-refractivity contribution in [3.05, 3.63) is 64.7 Å². The van der Waals surface area contributed by atoms with Crippen molar-refractivity contribution in [1.29, 1.82) is 0 Å². The van der Waals surface area contributed by atoms with Gasteiger partial charge in [0.25, 0.3) is 5.91 Å². The molecule has 2 aromatic rings. The summed E-state index contributed by atoms with van der Waals surface area (Å²) in [6.07, 6.45) is 0. The van der Waals surface area contributed by atoms with E-state index in [0.717, 1.165) is 12.1 Å². The fourth-order valence-corrected chi connectivity index (χ4v) is 3.32. The van der Waals surface area contributed by atoms with Gasteiger partial charge in [-0.15, -0.1) is 12.4 Å². The smallest absolute Gasteiger partial charge is 0.251 e. The van der Waals surface area contributed by atoms with Gasteiger partial charge in [0.15, 0.2) is 0 Å². The second-order valence-corrected chi connectivity index (χ2v) is 6.71. The first kappa shape index (κ1) is 22.0. The molecule has 0 radical (unpaired) electrons. The second kappa shape index (κ2) is 10.3. The first-order valence-electron chi connectivity index (χ1n) is 8.76. The number of nitrogens with zero attached hydrogens (tertiary/aromatic N) is 1. The van der Waals surface area contributed by atoms with E-state index in [1.165, 1.54) is 0 Å². The van der Waals surface area contributed by atoms with E-state index in [4.69, 9.17) is 16.3 Å². The Labute approximate surface area is 175 Å². The molecule has 0 aromatic heterocycles. The molecule has 0 saturated carbocycles. The lowest BCUT2D eigenvalue weighted by Gasteiger charge is -2.36. The van der Waals surface area contributed by atoms with Crippen LogP contribution in [-0.2, 0) is 4.79 Å². The molecule has 1 fully saturated rings. The fraction of sp³-hybridized carbons (Fsp3) is 0.300. The molecule has 0 spiro atoms. The van der Waals surface area contributed by atoms with E-state index >= 15 is 0 Å². The molecule has 28 heavy (non-hydrogen) atoms. The minimum atomic E-state index is -0.291. The SMILES string of the molecule is COc1ccc(C(=O)NCC(=O)N2CCNCC2c2cccc(Cl)c2)cc1.Cl. The highest BCUT2D eigenvalue weighted by Crippen LogP contribution is 2.24. The van der Waals surface area contributed by atoms with E-state index in [1.54, 1.807) is 36.3 Å². The molecular weight excluding hydrogens is 401 g/mol. The number of methoxy groups -OCH3 is 1. The third-order valence-electron chi connectivity index (χ3n) is 4.55. The number of nitrogens with one attached hydrogen (secondary N) is 2. The van der Waals surface area contributed by atoms with Crippen LogP contribution in [0.4, 0.5) is 0 Å². The number of hydrogen-bond acceptors (Lipinski definition) is 4. The lowest BCUT2D eigenvalue weighted by atomic mass is 10.0. The van der Waals surface area contributed by atoms with Gasteiger partial charge in [-0.1, -0.05) is 23.7 Å². The highest BCUT2D eigenvalue weighted by molar-refractivity contribution is 6.30. The maximum absolute atomic E-state index is 12.7. The summed E-state index contributed by atoms with van der Waals surface area (Å²) >= 11 is 6.09. The molecule has 1 heterocycles. The number of halogens is 2. The van der Waals surface area contributed by atoms with E-state index in [9.17, 15) is 9.59 Å². The van der Waals surface area contributed by atoms with Crippen LogP contribution in [0.1, 0.15) is 22.0 Å². The minimum Gasteiger partial charge on any atom is -0.497 e. The van der Waals surface area contributed by atoms with E-state index in [0.29, 0.717) is 29.4 Å². The van der Waals surface area contributed by atoms with Crippen LogP contribution in [-0.4, -0.2) is 50.0 Å². The Kier molecular flexibility index (Phi) is 8.11. The molecule has 0 bridgehead atoms. The number of piperazine rings is 1. The van der Waals surface area contributed by atoms with Gasteiger partial charge < -0.3 is 20.3 Å². The van der Waals surface area contributed by atoms with Crippen LogP contribution in [0.3, 0.4) is 0 Å². The molecule has 1 saturated heterocycles. The Morgan fingerprint density at radius 3 is 2.68 bits per heavy atom. The molecule has 1 atom stereocenters. The number of hydrogen-bond donors (Lipinski definition) is 2. The van der Waals surface area contributed by atoms with Crippen molar-refractivity contribution in [2.24, 2.45) is 0 Å². The molecule has 1 aliphatic heterocycles. The summed E-state index contributed by atoms with van der Waals surface area (Å²) in [6, 6.07) is 14.2. The Balaban J connectivity index is 0.00000280. The standard InChI is InChI=1S/C20H22ClN3O3.ClH/c1-27-17-7-5-14(6-8-17)20(26)23-13-19(25)24-10-9-22-12-18(24)15-3-2-4-16(21)11-15;/h2-8,11,18,22H,9-10,12-13H2,1H3,(H,23,26);1H. The molecule has 2 N–H and O–H groups in total. The maximum atomic E-state index is 12.7. The van der Waals surface area contributed by atoms with Crippen LogP contribution in [0.15, 0.2) is 48.5 Å². The highest BCUT2D eigenvalue weighted by Gasteiger charge is 2.28. The highest BCUT2D eigenvalue weighted by atomic mass is 35.5. The van der Waals surface area contributed by atoms with Crippen molar-refractivity contribution < 1.29 is 14.3 Å². The molecule has 6 nitrogen and oxygen atoms in total. The van der Waals surface area contributed by atoms with Crippen molar-refractivity contribution in [3.63, 3.8) is 0 Å². The first-order valence-corrected chi connectivity index (χ1v) is 9.14. The van der Waals surface area contributed by atoms with Gasteiger partial charge in [-0.05, 0) is 42.0 Å². The van der Waals surface area contributed by atoms with Gasteiger partial charge in [-0.2, -0.15) is 0 Å². The van der Waals surface area contributed by atoms with E-state index < -0.39 is 0 Å². The fourth-order valence-electron chi connectivity index (χ4n) is 3.12. The Hall–Kier alpha value is -2.28. The van der Waals surface area contributed by atoms with Crippen molar-refractivity contribution in [2.75, 3.05) is 33.3 Å². The lowest BCUT2D eigenvalue weighted by molar-refractivity contribution is -0.133. The molecule has 1 unspecified atom stereocenters. The van der Waals surface area contributed by atoms with Gasteiger partial charge in [0.1, 0.15) is 5.75 Å². The Morgan fingerprint density at radius 1 is 1.25 bits per heavy atom. The zero-order valence-electron chi connectivity index (χ0n) is 15.5. The van der Waals surface area contributed by atoms with Crippen molar-refractivity contribution in [1.82, 2.24) is 15.5 Å². The Morgan fingerprint density at radius 2 is 2.00 bits per heavy atom. The van der Waals surface area contributed by atoms with Crippen LogP contribution in [0.2, 0.25) is 5.02 Å². The Bertz CT molecular complexity index is 815. The summed E-state index contributed by atoms with van der Waals surface area (Å²) < 4.78 is 5.08. The summed E-state index contributed by atoms with van der Waals surface area (Å²) in [5.74, 6) is 0.261. The second-order valence-electron chi connectivity index (χ2n) is 6.27. The van der Waals surface area contributed by atoms with Crippen LogP contribution in [0.5, 0.6) is 5.75 Å². The zero-order valence-corrected chi connectivity index (χ0v) is 17.1. The largest absolute Gasteiger partial charge is 0.497 e. The number of carbonyl (C=O) groups is 2. The van der Waals surface area contributed by atoms with Crippen molar-refractivity contribution >= 4 is 35.8 Å². The molecule has 3 rings (SSSR count). The van der Waals surface area contributed by atoms with Crippen LogP contribution in [0.25, 0.3) is 0 Å². The van der Waals surface area contributed by atoms with Crippen LogP contribution in [0, 0.1) is 0 Å². The molecule has 2 amide bonds. The third kappa shape index (κ3) is 5.38. The summed E-state index contributed by atoms with van der Waals surface area (Å²) in [6.45, 7) is 1.89. The van der Waals surface area contributed by atoms with Gasteiger partial charge in [0.05, 0.1) is 19.7 Å². The van der Waals surface area contributed by atoms with E-state index in [1.807, 2.05) is 24.3 Å². The molecule has 2 aromatic carbocycles. The zero-order chi connectivity index (χ0) is 19.2. The normalized spacial score (nSPS) is 16.1. The van der Waals surface area contributed by atoms with Crippen LogP contribution < -0.4 is 15.4 Å². The predicted molar refractivity (Wildman–Crippen MR) is 111 cm³/mol. The summed E-state index contributed by atoms with van der Waals surface area (Å²) in [7, 11) is 1.57. The number of benzene rings is 2. The third-order valence-corrected chi connectivity index (χ3v) is 4.78. The van der Waals surface area contributed by atoms with Gasteiger partial charge in [0.2, 0.25) is 5.91 Å². The van der Waals surface area contributed by atoms with Gasteiger partial charge in [0, 0.05) is 30.2 Å². The maximum Gasteiger partial charge on any atom is 0.251 e. The number of carbonyl (C=O) groups excluding carboxylic acids is 2. The molecule has 150 valence electrons. The quantitative estimate of drug-likeness (QED) is 0.775. The molecular formula is C20H23Cl2N3O3. The van der Waals surface area contributed by atoms with Gasteiger partial charge in [-0.3, -0.25) is 9.59 Å². The lowest BCUT2D eigenvalue weighted by Crippen LogP contribution is -2.51. The van der Waals surface area contributed by atoms with Crippen LogP contribution >= 0.6 is 24.0 Å². The number of rotatable bonds is 5. The summed E-state index contributed by atoms with van der Waals surface area (Å²) in [5, 5.41) is 6.64. The molecule has 8 heteroatoms. The summed E-state index contributed by atoms with van der Waals surface area (Å²) in [4.78, 5) is 26.8. The first-order chi connectivity index (χ1) is 13.1. The average Bonchev–Trinajstić information content (AvgIpc) is 2.72.